The van der Waals surface area contributed by atoms with E-state index in [9.17, 15) is 24.3 Å². The summed E-state index contributed by atoms with van der Waals surface area (Å²) in [5.74, 6) is -0.347. The van der Waals surface area contributed by atoms with E-state index in [1.165, 1.54) is 20.8 Å². The Balaban J connectivity index is 1.78. The van der Waals surface area contributed by atoms with Crippen LogP contribution in [0.15, 0.2) is 0 Å². The molecule has 8 nitrogen and oxygen atoms in total. The standard InChI is InChI=1S/C32H50O8/c1-8-22-25-15-21(38-18(3)33)13-14-31(25,6)26-16-27(39-19(4)34)32(7)23(17(2)9-12-28(36)37)10-11-24(32)29(26)30(22)40-20(5)35/h17,21-27,29-30H,8-16H2,1-7H3,(H,36,37)/t17-,21-,22-,23-,24+,25+,26+,27+,29+,30-,31+,32-/m1/s1. The van der Waals surface area contributed by atoms with Crippen LogP contribution in [-0.2, 0) is 33.4 Å². The molecule has 0 aromatic rings. The highest BCUT2D eigenvalue weighted by molar-refractivity contribution is 5.67. The van der Waals surface area contributed by atoms with Crippen LogP contribution in [0.4, 0.5) is 0 Å². The van der Waals surface area contributed by atoms with Crippen LogP contribution in [0.2, 0.25) is 0 Å². The molecule has 0 saturated heterocycles. The van der Waals surface area contributed by atoms with Crippen molar-refractivity contribution in [1.29, 1.82) is 0 Å². The quantitative estimate of drug-likeness (QED) is 0.292. The summed E-state index contributed by atoms with van der Waals surface area (Å²) in [6, 6.07) is 0. The van der Waals surface area contributed by atoms with E-state index in [0.717, 1.165) is 38.5 Å². The molecule has 4 fully saturated rings. The van der Waals surface area contributed by atoms with E-state index >= 15 is 0 Å². The van der Waals surface area contributed by atoms with Gasteiger partial charge in [-0.1, -0.05) is 27.7 Å². The maximum Gasteiger partial charge on any atom is 0.303 e. The Morgan fingerprint density at radius 3 is 2.10 bits per heavy atom. The fourth-order valence-electron chi connectivity index (χ4n) is 10.4. The first kappa shape index (κ1) is 30.8. The molecular weight excluding hydrogens is 512 g/mol. The molecule has 226 valence electrons. The molecule has 8 heteroatoms. The first-order valence-corrected chi connectivity index (χ1v) is 15.5. The molecular formula is C32H50O8. The number of rotatable bonds is 8. The third-order valence-electron chi connectivity index (χ3n) is 11.9. The number of hydrogen-bond donors (Lipinski definition) is 1. The molecule has 1 N–H and O–H groups in total. The number of carboxylic acid groups (broad SMARTS) is 1. The molecule has 4 aliphatic rings. The van der Waals surface area contributed by atoms with Crippen LogP contribution in [-0.4, -0.2) is 47.3 Å². The van der Waals surface area contributed by atoms with Crippen molar-refractivity contribution in [1.82, 2.24) is 0 Å². The number of ether oxygens (including phenoxy) is 3. The molecule has 0 bridgehead atoms. The average molecular weight is 563 g/mol. The zero-order valence-electron chi connectivity index (χ0n) is 25.4. The van der Waals surface area contributed by atoms with Crippen LogP contribution >= 0.6 is 0 Å². The Hall–Kier alpha value is -2.12. The van der Waals surface area contributed by atoms with Crippen molar-refractivity contribution >= 4 is 23.9 Å². The van der Waals surface area contributed by atoms with Gasteiger partial charge in [0.05, 0.1) is 0 Å². The highest BCUT2D eigenvalue weighted by Crippen LogP contribution is 2.70. The van der Waals surface area contributed by atoms with Crippen molar-refractivity contribution < 1.29 is 38.5 Å². The number of aliphatic carboxylic acids is 1. The van der Waals surface area contributed by atoms with Crippen molar-refractivity contribution in [2.75, 3.05) is 0 Å². The predicted octanol–water partition coefficient (Wildman–Crippen LogP) is 5.80. The second-order valence-electron chi connectivity index (χ2n) is 13.8. The summed E-state index contributed by atoms with van der Waals surface area (Å²) in [4.78, 5) is 48.3. The van der Waals surface area contributed by atoms with Gasteiger partial charge in [-0.15, -0.1) is 0 Å². The number of carboxylic acids is 1. The summed E-state index contributed by atoms with van der Waals surface area (Å²) >= 11 is 0. The monoisotopic (exact) mass is 562 g/mol. The van der Waals surface area contributed by atoms with Crippen molar-refractivity contribution in [3.05, 3.63) is 0 Å². The molecule has 40 heavy (non-hydrogen) atoms. The molecule has 0 aliphatic heterocycles. The van der Waals surface area contributed by atoms with Gasteiger partial charge in [0.1, 0.15) is 18.3 Å². The van der Waals surface area contributed by atoms with Gasteiger partial charge in [-0.2, -0.15) is 0 Å². The van der Waals surface area contributed by atoms with E-state index in [0.29, 0.717) is 12.8 Å². The second-order valence-corrected chi connectivity index (χ2v) is 13.8. The molecule has 0 aromatic carbocycles. The third-order valence-corrected chi connectivity index (χ3v) is 11.9. The second kappa shape index (κ2) is 11.6. The molecule has 0 spiro atoms. The lowest BCUT2D eigenvalue weighted by Crippen LogP contribution is -2.66. The van der Waals surface area contributed by atoms with E-state index in [1.54, 1.807) is 0 Å². The predicted molar refractivity (Wildman–Crippen MR) is 148 cm³/mol. The van der Waals surface area contributed by atoms with Crippen molar-refractivity contribution in [2.24, 2.45) is 52.3 Å². The van der Waals surface area contributed by atoms with Crippen LogP contribution in [0.5, 0.6) is 0 Å². The van der Waals surface area contributed by atoms with Crippen LogP contribution in [0, 0.1) is 52.3 Å². The minimum Gasteiger partial charge on any atom is -0.481 e. The normalized spacial score (nSPS) is 42.9. The summed E-state index contributed by atoms with van der Waals surface area (Å²) < 4.78 is 18.2. The first-order chi connectivity index (χ1) is 18.7. The van der Waals surface area contributed by atoms with Gasteiger partial charge in [0.15, 0.2) is 0 Å². The van der Waals surface area contributed by atoms with E-state index in [2.05, 4.69) is 27.7 Å². The number of carbonyl (C=O) groups excluding carboxylic acids is 3. The zero-order chi connectivity index (χ0) is 29.6. The van der Waals surface area contributed by atoms with Crippen molar-refractivity contribution in [3.8, 4) is 0 Å². The Morgan fingerprint density at radius 1 is 0.875 bits per heavy atom. The Bertz CT molecular complexity index is 993. The zero-order valence-corrected chi connectivity index (χ0v) is 25.4. The molecule has 0 radical (unpaired) electrons. The van der Waals surface area contributed by atoms with Crippen LogP contribution in [0.3, 0.4) is 0 Å². The van der Waals surface area contributed by atoms with Gasteiger partial charge in [-0.05, 0) is 92.3 Å². The maximum absolute atomic E-state index is 12.6. The van der Waals surface area contributed by atoms with Crippen LogP contribution in [0.25, 0.3) is 0 Å². The molecule has 4 saturated carbocycles. The minimum absolute atomic E-state index is 0.0641. The topological polar surface area (TPSA) is 116 Å². The lowest BCUT2D eigenvalue weighted by Gasteiger charge is -2.66. The number of fused-ring (bicyclic) bond motifs is 5. The van der Waals surface area contributed by atoms with Gasteiger partial charge in [-0.25, -0.2) is 0 Å². The van der Waals surface area contributed by atoms with Crippen LogP contribution < -0.4 is 0 Å². The van der Waals surface area contributed by atoms with Gasteiger partial charge >= 0.3 is 23.9 Å². The minimum atomic E-state index is -0.789. The fourth-order valence-corrected chi connectivity index (χ4v) is 10.4. The van der Waals surface area contributed by atoms with E-state index in [-0.39, 0.29) is 94.9 Å². The molecule has 0 amide bonds. The number of carbonyl (C=O) groups is 4. The first-order valence-electron chi connectivity index (χ1n) is 15.5. The number of esters is 3. The summed E-state index contributed by atoms with van der Waals surface area (Å²) in [6.07, 6.45) is 5.98. The molecule has 12 atom stereocenters. The van der Waals surface area contributed by atoms with Gasteiger partial charge in [0.2, 0.25) is 0 Å². The largest absolute Gasteiger partial charge is 0.481 e. The highest BCUT2D eigenvalue weighted by Gasteiger charge is 2.69. The molecule has 4 aliphatic carbocycles. The summed E-state index contributed by atoms with van der Waals surface area (Å²) in [6.45, 7) is 13.4. The molecule has 0 unspecified atom stereocenters. The molecule has 4 rings (SSSR count). The van der Waals surface area contributed by atoms with Gasteiger partial charge < -0.3 is 19.3 Å². The Morgan fingerprint density at radius 2 is 1.52 bits per heavy atom. The lowest BCUT2D eigenvalue weighted by molar-refractivity contribution is -0.241. The smallest absolute Gasteiger partial charge is 0.303 e. The van der Waals surface area contributed by atoms with Gasteiger partial charge in [-0.3, -0.25) is 19.2 Å². The van der Waals surface area contributed by atoms with Crippen LogP contribution in [0.1, 0.15) is 106 Å². The fraction of sp³-hybridized carbons (Fsp3) is 0.875. The molecule has 0 heterocycles. The van der Waals surface area contributed by atoms with E-state index in [1.807, 2.05) is 0 Å². The number of hydrogen-bond acceptors (Lipinski definition) is 7. The van der Waals surface area contributed by atoms with E-state index in [4.69, 9.17) is 14.2 Å². The third kappa shape index (κ3) is 5.40. The van der Waals surface area contributed by atoms with Gasteiger partial charge in [0, 0.05) is 38.5 Å². The van der Waals surface area contributed by atoms with Gasteiger partial charge in [0.25, 0.3) is 0 Å². The summed E-state index contributed by atoms with van der Waals surface area (Å²) in [5, 5.41) is 9.36. The molecule has 0 aromatic heterocycles. The van der Waals surface area contributed by atoms with E-state index < -0.39 is 5.97 Å². The average Bonchev–Trinajstić information content (AvgIpc) is 3.21. The summed E-state index contributed by atoms with van der Waals surface area (Å²) in [5.41, 5.74) is -0.398. The Labute approximate surface area is 239 Å². The Kier molecular flexibility index (Phi) is 8.97. The summed E-state index contributed by atoms with van der Waals surface area (Å²) in [7, 11) is 0. The maximum atomic E-state index is 12.6. The highest BCUT2D eigenvalue weighted by atomic mass is 16.6. The SMILES string of the molecule is CC[C@H]1[C@@H](OC(C)=O)[C@@H]2[C@H](C[C@H](OC(C)=O)[C@]3(C)[C@@H]([C@H](C)CCC(=O)O)CC[C@@H]23)[C@@]2(C)CC[C@@H](OC(C)=O)C[C@@H]12. The van der Waals surface area contributed by atoms with Crippen molar-refractivity contribution in [2.45, 2.75) is 125 Å². The lowest BCUT2D eigenvalue weighted by atomic mass is 9.40. The van der Waals surface area contributed by atoms with Crippen molar-refractivity contribution in [3.63, 3.8) is 0 Å².